The molecular formula is C15H19F2N3. The van der Waals surface area contributed by atoms with Gasteiger partial charge in [-0.1, -0.05) is 12.1 Å². The average Bonchev–Trinajstić information content (AvgIpc) is 2.87. The summed E-state index contributed by atoms with van der Waals surface area (Å²) in [4.78, 5) is 9.08. The maximum Gasteiger partial charge on any atom is 0.270 e. The SMILES string of the molecule is CC(C)N(Cc1cnc[nH]1)c1cccc(C(C)(F)F)c1. The van der Waals surface area contributed by atoms with Crippen molar-refractivity contribution in [1.82, 2.24) is 9.97 Å². The summed E-state index contributed by atoms with van der Waals surface area (Å²) in [6.45, 7) is 5.59. The zero-order valence-corrected chi connectivity index (χ0v) is 11.9. The fourth-order valence-corrected chi connectivity index (χ4v) is 2.08. The third-order valence-electron chi connectivity index (χ3n) is 3.20. The Morgan fingerprint density at radius 1 is 1.35 bits per heavy atom. The molecule has 2 rings (SSSR count). The summed E-state index contributed by atoms with van der Waals surface area (Å²) in [6.07, 6.45) is 3.36. The van der Waals surface area contributed by atoms with E-state index in [1.807, 2.05) is 19.9 Å². The molecule has 0 aliphatic carbocycles. The molecule has 0 amide bonds. The molecule has 3 nitrogen and oxygen atoms in total. The van der Waals surface area contributed by atoms with E-state index in [1.54, 1.807) is 24.7 Å². The maximum absolute atomic E-state index is 13.4. The summed E-state index contributed by atoms with van der Waals surface area (Å²) in [5, 5.41) is 0. The molecule has 0 unspecified atom stereocenters. The van der Waals surface area contributed by atoms with Gasteiger partial charge in [0, 0.05) is 30.4 Å². The summed E-state index contributed by atoms with van der Waals surface area (Å²) < 4.78 is 26.9. The van der Waals surface area contributed by atoms with Gasteiger partial charge in [0.25, 0.3) is 5.92 Å². The summed E-state index contributed by atoms with van der Waals surface area (Å²) in [5.74, 6) is -2.83. The molecule has 0 saturated carbocycles. The zero-order valence-electron chi connectivity index (χ0n) is 11.9. The van der Waals surface area contributed by atoms with Gasteiger partial charge < -0.3 is 9.88 Å². The molecule has 0 bridgehead atoms. The van der Waals surface area contributed by atoms with Crippen LogP contribution in [0.25, 0.3) is 0 Å². The Morgan fingerprint density at radius 3 is 2.65 bits per heavy atom. The van der Waals surface area contributed by atoms with Crippen LogP contribution < -0.4 is 4.90 Å². The van der Waals surface area contributed by atoms with E-state index in [2.05, 4.69) is 14.9 Å². The molecule has 1 aromatic heterocycles. The first kappa shape index (κ1) is 14.5. The van der Waals surface area contributed by atoms with Gasteiger partial charge in [-0.3, -0.25) is 0 Å². The lowest BCUT2D eigenvalue weighted by Crippen LogP contribution is -2.30. The number of hydrogen-bond donors (Lipinski definition) is 1. The molecule has 108 valence electrons. The van der Waals surface area contributed by atoms with Crippen LogP contribution in [0.2, 0.25) is 0 Å². The monoisotopic (exact) mass is 279 g/mol. The Kier molecular flexibility index (Phi) is 4.06. The van der Waals surface area contributed by atoms with Gasteiger partial charge in [-0.15, -0.1) is 0 Å². The molecule has 0 atom stereocenters. The van der Waals surface area contributed by atoms with Crippen molar-refractivity contribution in [1.29, 1.82) is 0 Å². The minimum Gasteiger partial charge on any atom is -0.363 e. The second-order valence-electron chi connectivity index (χ2n) is 5.24. The van der Waals surface area contributed by atoms with Gasteiger partial charge in [0.05, 0.1) is 18.6 Å². The van der Waals surface area contributed by atoms with Crippen molar-refractivity contribution in [2.45, 2.75) is 39.3 Å². The minimum absolute atomic E-state index is 0.0326. The summed E-state index contributed by atoms with van der Waals surface area (Å²) in [7, 11) is 0. The van der Waals surface area contributed by atoms with Crippen LogP contribution in [-0.2, 0) is 12.5 Å². The predicted octanol–water partition coefficient (Wildman–Crippen LogP) is 3.94. The van der Waals surface area contributed by atoms with Crippen LogP contribution in [0.3, 0.4) is 0 Å². The normalized spacial score (nSPS) is 11.9. The molecule has 0 fully saturated rings. The minimum atomic E-state index is -2.83. The van der Waals surface area contributed by atoms with Crippen LogP contribution in [-0.4, -0.2) is 16.0 Å². The molecule has 0 aliphatic heterocycles. The van der Waals surface area contributed by atoms with Crippen molar-refractivity contribution >= 4 is 5.69 Å². The number of imidazole rings is 1. The van der Waals surface area contributed by atoms with Gasteiger partial charge in [-0.2, -0.15) is 0 Å². The second kappa shape index (κ2) is 5.61. The zero-order chi connectivity index (χ0) is 14.8. The molecule has 20 heavy (non-hydrogen) atoms. The van der Waals surface area contributed by atoms with E-state index in [9.17, 15) is 8.78 Å². The number of halogens is 2. The Bertz CT molecular complexity index is 544. The van der Waals surface area contributed by atoms with E-state index >= 15 is 0 Å². The van der Waals surface area contributed by atoms with E-state index in [0.717, 1.165) is 18.3 Å². The van der Waals surface area contributed by atoms with Crippen LogP contribution in [0.1, 0.15) is 32.0 Å². The molecule has 0 radical (unpaired) electrons. The highest BCUT2D eigenvalue weighted by Gasteiger charge is 2.25. The Morgan fingerprint density at radius 2 is 2.10 bits per heavy atom. The quantitative estimate of drug-likeness (QED) is 0.899. The largest absolute Gasteiger partial charge is 0.363 e. The first-order chi connectivity index (χ1) is 9.38. The van der Waals surface area contributed by atoms with E-state index in [-0.39, 0.29) is 11.6 Å². The van der Waals surface area contributed by atoms with Crippen LogP contribution in [0.15, 0.2) is 36.8 Å². The van der Waals surface area contributed by atoms with E-state index in [0.29, 0.717) is 6.54 Å². The molecule has 1 N–H and O–H groups in total. The molecular weight excluding hydrogens is 260 g/mol. The fraction of sp³-hybridized carbons (Fsp3) is 0.400. The Hall–Kier alpha value is -1.91. The number of nitrogens with one attached hydrogen (secondary N) is 1. The molecule has 0 spiro atoms. The molecule has 2 aromatic rings. The highest BCUT2D eigenvalue weighted by atomic mass is 19.3. The van der Waals surface area contributed by atoms with Gasteiger partial charge >= 0.3 is 0 Å². The lowest BCUT2D eigenvalue weighted by atomic mass is 10.1. The van der Waals surface area contributed by atoms with Crippen LogP contribution >= 0.6 is 0 Å². The molecule has 1 heterocycles. The number of aromatic amines is 1. The van der Waals surface area contributed by atoms with Crippen LogP contribution in [0.5, 0.6) is 0 Å². The standard InChI is InChI=1S/C15H19F2N3/c1-11(2)20(9-13-8-18-10-19-13)14-6-4-5-12(7-14)15(3,16)17/h4-8,10-11H,9H2,1-3H3,(H,18,19). The number of anilines is 1. The smallest absolute Gasteiger partial charge is 0.270 e. The van der Waals surface area contributed by atoms with Gasteiger partial charge in [0.1, 0.15) is 0 Å². The number of aromatic nitrogens is 2. The molecule has 5 heteroatoms. The molecule has 0 saturated heterocycles. The van der Waals surface area contributed by atoms with E-state index in [4.69, 9.17) is 0 Å². The topological polar surface area (TPSA) is 31.9 Å². The van der Waals surface area contributed by atoms with Gasteiger partial charge in [-0.25, -0.2) is 13.8 Å². The number of alkyl halides is 2. The van der Waals surface area contributed by atoms with Gasteiger partial charge in [0.2, 0.25) is 0 Å². The number of rotatable bonds is 5. The van der Waals surface area contributed by atoms with Crippen molar-refractivity contribution in [3.63, 3.8) is 0 Å². The van der Waals surface area contributed by atoms with Crippen molar-refractivity contribution in [3.8, 4) is 0 Å². The van der Waals surface area contributed by atoms with Gasteiger partial charge in [-0.05, 0) is 26.0 Å². The van der Waals surface area contributed by atoms with Crippen LogP contribution in [0.4, 0.5) is 14.5 Å². The highest BCUT2D eigenvalue weighted by molar-refractivity contribution is 5.50. The summed E-state index contributed by atoms with van der Waals surface area (Å²) in [5.41, 5.74) is 1.77. The number of benzene rings is 1. The average molecular weight is 279 g/mol. The molecule has 0 aliphatic rings. The lowest BCUT2D eigenvalue weighted by Gasteiger charge is -2.29. The predicted molar refractivity (Wildman–Crippen MR) is 75.9 cm³/mol. The van der Waals surface area contributed by atoms with Crippen LogP contribution in [0, 0.1) is 0 Å². The Balaban J connectivity index is 2.30. The van der Waals surface area contributed by atoms with E-state index < -0.39 is 5.92 Å². The maximum atomic E-state index is 13.4. The Labute approximate surface area is 117 Å². The number of H-pyrrole nitrogens is 1. The third-order valence-corrected chi connectivity index (χ3v) is 3.20. The fourth-order valence-electron chi connectivity index (χ4n) is 2.08. The van der Waals surface area contributed by atoms with Crippen molar-refractivity contribution < 1.29 is 8.78 Å². The number of hydrogen-bond acceptors (Lipinski definition) is 2. The van der Waals surface area contributed by atoms with Crippen molar-refractivity contribution in [2.75, 3.05) is 4.90 Å². The van der Waals surface area contributed by atoms with Crippen molar-refractivity contribution in [3.05, 3.63) is 48.0 Å². The third kappa shape index (κ3) is 3.35. The first-order valence-electron chi connectivity index (χ1n) is 6.60. The summed E-state index contributed by atoms with van der Waals surface area (Å²) in [6, 6.07) is 6.73. The van der Waals surface area contributed by atoms with Crippen molar-refractivity contribution in [2.24, 2.45) is 0 Å². The highest BCUT2D eigenvalue weighted by Crippen LogP contribution is 2.30. The van der Waals surface area contributed by atoms with Gasteiger partial charge in [0.15, 0.2) is 0 Å². The molecule has 1 aromatic carbocycles. The number of nitrogens with zero attached hydrogens (tertiary/aromatic N) is 2. The lowest BCUT2D eigenvalue weighted by molar-refractivity contribution is 0.0175. The summed E-state index contributed by atoms with van der Waals surface area (Å²) >= 11 is 0. The second-order valence-corrected chi connectivity index (χ2v) is 5.24. The first-order valence-corrected chi connectivity index (χ1v) is 6.60. The van der Waals surface area contributed by atoms with E-state index in [1.165, 1.54) is 6.07 Å².